The Kier molecular flexibility index (Phi) is 8.84. The van der Waals surface area contributed by atoms with Gasteiger partial charge in [-0.2, -0.15) is 0 Å². The maximum atomic E-state index is 14.6. The van der Waals surface area contributed by atoms with Crippen molar-refractivity contribution in [2.45, 2.75) is 46.0 Å². The normalized spacial score (nSPS) is 10.6. The first-order valence-electron chi connectivity index (χ1n) is 10.4. The first-order chi connectivity index (χ1) is 14.3. The lowest BCUT2D eigenvalue weighted by atomic mass is 10.1. The summed E-state index contributed by atoms with van der Waals surface area (Å²) in [5.41, 5.74) is 3.63. The second-order valence-electron chi connectivity index (χ2n) is 7.65. The van der Waals surface area contributed by atoms with Crippen LogP contribution in [0.25, 0.3) is 0 Å². The first-order valence-corrected chi connectivity index (χ1v) is 10.4. The Labute approximate surface area is 178 Å². The van der Waals surface area contributed by atoms with Crippen molar-refractivity contribution < 1.29 is 14.0 Å². The summed E-state index contributed by atoms with van der Waals surface area (Å²) >= 11 is 0. The fourth-order valence-corrected chi connectivity index (χ4v) is 3.33. The van der Waals surface area contributed by atoms with E-state index in [1.165, 1.54) is 6.07 Å². The molecule has 0 fully saturated rings. The molecule has 30 heavy (non-hydrogen) atoms. The van der Waals surface area contributed by atoms with E-state index in [1.54, 1.807) is 31.1 Å². The van der Waals surface area contributed by atoms with Crippen molar-refractivity contribution in [3.63, 3.8) is 0 Å². The van der Waals surface area contributed by atoms with Crippen LogP contribution in [0.15, 0.2) is 36.4 Å². The Balaban J connectivity index is 1.89. The molecule has 0 aromatic heterocycles. The van der Waals surface area contributed by atoms with Crippen molar-refractivity contribution >= 4 is 23.2 Å². The maximum Gasteiger partial charge on any atom is 0.253 e. The van der Waals surface area contributed by atoms with E-state index in [0.717, 1.165) is 42.5 Å². The lowest BCUT2D eigenvalue weighted by Crippen LogP contribution is -2.27. The van der Waals surface area contributed by atoms with Gasteiger partial charge in [-0.1, -0.05) is 31.0 Å². The number of unbranched alkanes of at least 4 members (excludes halogenated alkanes) is 3. The van der Waals surface area contributed by atoms with E-state index in [-0.39, 0.29) is 11.8 Å². The van der Waals surface area contributed by atoms with E-state index >= 15 is 0 Å². The van der Waals surface area contributed by atoms with Crippen LogP contribution >= 0.6 is 0 Å². The SMILES string of the molecule is CNC(=O)CCCCCCN(C)C(=O)c1ccc(Nc2c(C)cccc2C)c(F)c1. The molecule has 0 saturated carbocycles. The molecule has 0 unspecified atom stereocenters. The lowest BCUT2D eigenvalue weighted by Gasteiger charge is -2.18. The molecule has 2 rings (SSSR count). The number of rotatable bonds is 10. The summed E-state index contributed by atoms with van der Waals surface area (Å²) in [6.07, 6.45) is 4.12. The average molecular weight is 414 g/mol. The van der Waals surface area contributed by atoms with Gasteiger partial charge in [-0.3, -0.25) is 9.59 Å². The van der Waals surface area contributed by atoms with Crippen LogP contribution in [0.1, 0.15) is 53.6 Å². The van der Waals surface area contributed by atoms with Gasteiger partial charge in [-0.25, -0.2) is 4.39 Å². The number of nitrogens with one attached hydrogen (secondary N) is 2. The zero-order valence-electron chi connectivity index (χ0n) is 18.3. The van der Waals surface area contributed by atoms with Gasteiger partial charge in [0.25, 0.3) is 5.91 Å². The van der Waals surface area contributed by atoms with E-state index in [1.807, 2.05) is 32.0 Å². The van der Waals surface area contributed by atoms with Crippen LogP contribution in [-0.2, 0) is 4.79 Å². The molecule has 0 bridgehead atoms. The third-order valence-electron chi connectivity index (χ3n) is 5.23. The lowest BCUT2D eigenvalue weighted by molar-refractivity contribution is -0.120. The maximum absolute atomic E-state index is 14.6. The highest BCUT2D eigenvalue weighted by Gasteiger charge is 2.15. The van der Waals surface area contributed by atoms with Gasteiger partial charge in [0.2, 0.25) is 5.91 Å². The molecule has 0 saturated heterocycles. The molecule has 2 aromatic carbocycles. The zero-order chi connectivity index (χ0) is 22.1. The van der Waals surface area contributed by atoms with E-state index in [2.05, 4.69) is 10.6 Å². The monoisotopic (exact) mass is 413 g/mol. The topological polar surface area (TPSA) is 61.4 Å². The highest BCUT2D eigenvalue weighted by atomic mass is 19.1. The summed E-state index contributed by atoms with van der Waals surface area (Å²) in [4.78, 5) is 25.4. The number of para-hydroxylation sites is 1. The average Bonchev–Trinajstić information content (AvgIpc) is 2.73. The molecule has 6 heteroatoms. The van der Waals surface area contributed by atoms with Crippen molar-refractivity contribution in [2.24, 2.45) is 0 Å². The molecule has 2 N–H and O–H groups in total. The number of halogens is 1. The van der Waals surface area contributed by atoms with Crippen LogP contribution in [0.3, 0.4) is 0 Å². The summed E-state index contributed by atoms with van der Waals surface area (Å²) in [7, 11) is 3.37. The Morgan fingerprint density at radius 3 is 2.30 bits per heavy atom. The highest BCUT2D eigenvalue weighted by Crippen LogP contribution is 2.26. The molecular weight excluding hydrogens is 381 g/mol. The van der Waals surface area contributed by atoms with Crippen LogP contribution in [0, 0.1) is 19.7 Å². The molecule has 0 spiro atoms. The molecule has 2 amide bonds. The molecular formula is C24H32FN3O2. The second-order valence-corrected chi connectivity index (χ2v) is 7.65. The van der Waals surface area contributed by atoms with Gasteiger partial charge in [-0.15, -0.1) is 0 Å². The Bertz CT molecular complexity index is 862. The summed E-state index contributed by atoms with van der Waals surface area (Å²) in [5, 5.41) is 5.75. The fourth-order valence-electron chi connectivity index (χ4n) is 3.33. The first kappa shape index (κ1) is 23.4. The third-order valence-corrected chi connectivity index (χ3v) is 5.23. The van der Waals surface area contributed by atoms with Gasteiger partial charge in [0.15, 0.2) is 0 Å². The summed E-state index contributed by atoms with van der Waals surface area (Å²) in [6, 6.07) is 10.5. The predicted octanol–water partition coefficient (Wildman–Crippen LogP) is 4.95. The zero-order valence-corrected chi connectivity index (χ0v) is 18.3. The van der Waals surface area contributed by atoms with Crippen LogP contribution in [0.2, 0.25) is 0 Å². The quantitative estimate of drug-likeness (QED) is 0.542. The van der Waals surface area contributed by atoms with E-state index in [9.17, 15) is 14.0 Å². The van der Waals surface area contributed by atoms with Crippen LogP contribution < -0.4 is 10.6 Å². The van der Waals surface area contributed by atoms with Gasteiger partial charge in [0.1, 0.15) is 5.82 Å². The van der Waals surface area contributed by atoms with Gasteiger partial charge >= 0.3 is 0 Å². The molecule has 0 atom stereocenters. The molecule has 162 valence electrons. The summed E-state index contributed by atoms with van der Waals surface area (Å²) in [5.74, 6) is -0.594. The Morgan fingerprint density at radius 2 is 1.67 bits per heavy atom. The smallest absolute Gasteiger partial charge is 0.253 e. The van der Waals surface area contributed by atoms with Gasteiger partial charge in [-0.05, 0) is 56.0 Å². The summed E-state index contributed by atoms with van der Waals surface area (Å²) in [6.45, 7) is 4.54. The second kappa shape index (κ2) is 11.3. The largest absolute Gasteiger partial charge is 0.359 e. The standard InChI is InChI=1S/C24H32FN3O2/c1-17-10-9-11-18(2)23(17)27-21-14-13-19(16-20(21)25)24(30)28(4)15-8-6-5-7-12-22(29)26-3/h9-11,13-14,16,27H,5-8,12,15H2,1-4H3,(H,26,29). The Morgan fingerprint density at radius 1 is 1.00 bits per heavy atom. The number of carbonyl (C=O) groups is 2. The number of anilines is 2. The molecule has 0 heterocycles. The Hall–Kier alpha value is -2.89. The number of benzene rings is 2. The molecule has 2 aromatic rings. The van der Waals surface area contributed by atoms with E-state index < -0.39 is 5.82 Å². The van der Waals surface area contributed by atoms with Gasteiger partial charge in [0.05, 0.1) is 5.69 Å². The molecule has 0 aliphatic rings. The highest BCUT2D eigenvalue weighted by molar-refractivity contribution is 5.94. The fraction of sp³-hybridized carbons (Fsp3) is 0.417. The minimum absolute atomic E-state index is 0.0554. The number of aryl methyl sites for hydroxylation is 2. The van der Waals surface area contributed by atoms with Crippen molar-refractivity contribution in [1.29, 1.82) is 0 Å². The molecule has 0 aliphatic heterocycles. The van der Waals surface area contributed by atoms with Crippen LogP contribution in [-0.4, -0.2) is 37.4 Å². The van der Waals surface area contributed by atoms with Gasteiger partial charge < -0.3 is 15.5 Å². The van der Waals surface area contributed by atoms with Crippen LogP contribution in [0.5, 0.6) is 0 Å². The van der Waals surface area contributed by atoms with Crippen molar-refractivity contribution in [2.75, 3.05) is 26.0 Å². The van der Waals surface area contributed by atoms with E-state index in [4.69, 9.17) is 0 Å². The number of amides is 2. The van der Waals surface area contributed by atoms with E-state index in [0.29, 0.717) is 24.2 Å². The third kappa shape index (κ3) is 6.58. The van der Waals surface area contributed by atoms with Gasteiger partial charge in [0, 0.05) is 38.3 Å². The van der Waals surface area contributed by atoms with Crippen molar-refractivity contribution in [3.05, 3.63) is 58.9 Å². The number of hydrogen-bond donors (Lipinski definition) is 2. The minimum Gasteiger partial charge on any atom is -0.359 e. The van der Waals surface area contributed by atoms with Crippen molar-refractivity contribution in [3.8, 4) is 0 Å². The summed E-state index contributed by atoms with van der Waals surface area (Å²) < 4.78 is 14.6. The number of carbonyl (C=O) groups excluding carboxylic acids is 2. The number of hydrogen-bond acceptors (Lipinski definition) is 3. The number of nitrogens with zero attached hydrogens (tertiary/aromatic N) is 1. The molecule has 0 aliphatic carbocycles. The van der Waals surface area contributed by atoms with Crippen molar-refractivity contribution in [1.82, 2.24) is 10.2 Å². The molecule has 0 radical (unpaired) electrons. The predicted molar refractivity (Wildman–Crippen MR) is 120 cm³/mol. The van der Waals surface area contributed by atoms with Crippen LogP contribution in [0.4, 0.5) is 15.8 Å². The minimum atomic E-state index is -0.453. The molecule has 5 nitrogen and oxygen atoms in total.